The lowest BCUT2D eigenvalue weighted by Gasteiger charge is -2.21. The number of anilines is 2. The molecule has 4 heteroatoms. The number of hydrogen-bond donors (Lipinski definition) is 1. The number of hydrogen-bond acceptors (Lipinski definition) is 2. The van der Waals surface area contributed by atoms with E-state index in [0.29, 0.717) is 11.6 Å². The van der Waals surface area contributed by atoms with Crippen molar-refractivity contribution in [1.82, 2.24) is 0 Å². The molecule has 0 spiro atoms. The maximum Gasteiger partial charge on any atom is 0.123 e. The average molecular weight is 277 g/mol. The van der Waals surface area contributed by atoms with Crippen LogP contribution in [0.4, 0.5) is 15.8 Å². The second kappa shape index (κ2) is 4.74. The molecule has 0 unspecified atom stereocenters. The lowest BCUT2D eigenvalue weighted by atomic mass is 10.1. The Balaban J connectivity index is 1.93. The Morgan fingerprint density at radius 2 is 2.11 bits per heavy atom. The molecule has 3 rings (SSSR count). The van der Waals surface area contributed by atoms with Gasteiger partial charge >= 0.3 is 0 Å². The molecule has 0 aliphatic carbocycles. The van der Waals surface area contributed by atoms with Gasteiger partial charge in [-0.05, 0) is 41.8 Å². The Labute approximate surface area is 116 Å². The largest absolute Gasteiger partial charge is 0.397 e. The van der Waals surface area contributed by atoms with Crippen LogP contribution in [0, 0.1) is 5.82 Å². The number of nitrogens with zero attached hydrogens (tertiary/aromatic N) is 1. The van der Waals surface area contributed by atoms with Gasteiger partial charge in [-0.15, -0.1) is 0 Å². The Morgan fingerprint density at radius 3 is 2.95 bits per heavy atom. The lowest BCUT2D eigenvalue weighted by molar-refractivity contribution is 0.624. The van der Waals surface area contributed by atoms with Gasteiger partial charge in [0.25, 0.3) is 0 Å². The van der Waals surface area contributed by atoms with Gasteiger partial charge in [-0.1, -0.05) is 23.7 Å². The summed E-state index contributed by atoms with van der Waals surface area (Å²) >= 11 is 6.12. The topological polar surface area (TPSA) is 29.3 Å². The number of para-hydroxylation sites is 1. The zero-order chi connectivity index (χ0) is 13.4. The molecule has 0 saturated carbocycles. The molecule has 0 saturated heterocycles. The highest BCUT2D eigenvalue weighted by Gasteiger charge is 2.22. The van der Waals surface area contributed by atoms with Crippen molar-refractivity contribution in [2.45, 2.75) is 13.0 Å². The van der Waals surface area contributed by atoms with Gasteiger partial charge in [-0.2, -0.15) is 0 Å². The zero-order valence-corrected chi connectivity index (χ0v) is 11.1. The third-order valence-corrected chi connectivity index (χ3v) is 3.86. The molecule has 0 aromatic heterocycles. The summed E-state index contributed by atoms with van der Waals surface area (Å²) < 4.78 is 13.3. The van der Waals surface area contributed by atoms with Crippen LogP contribution in [-0.2, 0) is 13.0 Å². The van der Waals surface area contributed by atoms with Gasteiger partial charge in [0.1, 0.15) is 5.82 Å². The first-order valence-electron chi connectivity index (χ1n) is 6.21. The van der Waals surface area contributed by atoms with Gasteiger partial charge in [0.05, 0.1) is 11.4 Å². The Hall–Kier alpha value is -1.74. The minimum Gasteiger partial charge on any atom is -0.397 e. The van der Waals surface area contributed by atoms with Crippen LogP contribution in [0.5, 0.6) is 0 Å². The van der Waals surface area contributed by atoms with Crippen molar-refractivity contribution in [2.24, 2.45) is 0 Å². The summed E-state index contributed by atoms with van der Waals surface area (Å²) in [6.45, 7) is 1.47. The molecule has 1 aliphatic heterocycles. The molecule has 2 aromatic rings. The minimum atomic E-state index is -0.264. The van der Waals surface area contributed by atoms with E-state index in [1.165, 1.54) is 17.7 Å². The summed E-state index contributed by atoms with van der Waals surface area (Å²) in [6, 6.07) is 10.4. The van der Waals surface area contributed by atoms with Crippen LogP contribution in [0.15, 0.2) is 36.4 Å². The first-order valence-corrected chi connectivity index (χ1v) is 6.59. The summed E-state index contributed by atoms with van der Waals surface area (Å²) in [6.07, 6.45) is 0.966. The van der Waals surface area contributed by atoms with E-state index in [1.54, 1.807) is 6.07 Å². The Morgan fingerprint density at radius 1 is 1.26 bits per heavy atom. The van der Waals surface area contributed by atoms with E-state index >= 15 is 0 Å². The molecule has 1 aliphatic rings. The predicted molar refractivity (Wildman–Crippen MR) is 77.0 cm³/mol. The fourth-order valence-electron chi connectivity index (χ4n) is 2.59. The van der Waals surface area contributed by atoms with Crippen molar-refractivity contribution in [2.75, 3.05) is 17.2 Å². The SMILES string of the molecule is Nc1cccc2c1N(Cc1cc(F)ccc1Cl)CC2. The highest BCUT2D eigenvalue weighted by molar-refractivity contribution is 6.31. The van der Waals surface area contributed by atoms with Gasteiger partial charge in [0.15, 0.2) is 0 Å². The van der Waals surface area contributed by atoms with Crippen molar-refractivity contribution in [3.05, 3.63) is 58.4 Å². The summed E-state index contributed by atoms with van der Waals surface area (Å²) in [5.41, 5.74) is 9.89. The smallest absolute Gasteiger partial charge is 0.123 e. The Kier molecular flexibility index (Phi) is 3.07. The molecule has 1 heterocycles. The molecule has 19 heavy (non-hydrogen) atoms. The van der Waals surface area contributed by atoms with Crippen LogP contribution in [0.25, 0.3) is 0 Å². The first kappa shape index (κ1) is 12.3. The maximum absolute atomic E-state index is 13.3. The second-order valence-corrected chi connectivity index (χ2v) is 5.17. The van der Waals surface area contributed by atoms with E-state index in [-0.39, 0.29) is 5.82 Å². The summed E-state index contributed by atoms with van der Waals surface area (Å²) in [4.78, 5) is 2.16. The van der Waals surface area contributed by atoms with E-state index < -0.39 is 0 Å². The molecular formula is C15H14ClFN2. The third-order valence-electron chi connectivity index (χ3n) is 3.49. The first-order chi connectivity index (χ1) is 9.15. The number of nitrogens with two attached hydrogens (primary N) is 1. The van der Waals surface area contributed by atoms with Crippen LogP contribution in [-0.4, -0.2) is 6.54 Å². The fraction of sp³-hybridized carbons (Fsp3) is 0.200. The predicted octanol–water partition coefficient (Wildman–Crippen LogP) is 3.62. The summed E-state index contributed by atoms with van der Waals surface area (Å²) in [7, 11) is 0. The number of rotatable bonds is 2. The van der Waals surface area contributed by atoms with Crippen molar-refractivity contribution < 1.29 is 4.39 Å². The van der Waals surface area contributed by atoms with Crippen LogP contribution >= 0.6 is 11.6 Å². The minimum absolute atomic E-state index is 0.264. The summed E-state index contributed by atoms with van der Waals surface area (Å²) in [5.74, 6) is -0.264. The van der Waals surface area contributed by atoms with Crippen LogP contribution in [0.1, 0.15) is 11.1 Å². The van der Waals surface area contributed by atoms with Crippen molar-refractivity contribution in [1.29, 1.82) is 0 Å². The molecule has 0 atom stereocenters. The number of nitrogen functional groups attached to an aromatic ring is 1. The zero-order valence-electron chi connectivity index (χ0n) is 10.4. The molecule has 98 valence electrons. The lowest BCUT2D eigenvalue weighted by Crippen LogP contribution is -2.20. The average Bonchev–Trinajstić information content (AvgIpc) is 2.79. The monoisotopic (exact) mass is 276 g/mol. The Bertz CT molecular complexity index is 628. The highest BCUT2D eigenvalue weighted by atomic mass is 35.5. The van der Waals surface area contributed by atoms with Gasteiger partial charge < -0.3 is 10.6 Å². The van der Waals surface area contributed by atoms with E-state index in [2.05, 4.69) is 11.0 Å². The van der Waals surface area contributed by atoms with Gasteiger partial charge in [-0.3, -0.25) is 0 Å². The van der Waals surface area contributed by atoms with E-state index in [9.17, 15) is 4.39 Å². The molecule has 0 radical (unpaired) electrons. The van der Waals surface area contributed by atoms with Crippen molar-refractivity contribution in [3.63, 3.8) is 0 Å². The number of fused-ring (bicyclic) bond motifs is 1. The molecule has 0 amide bonds. The number of halogens is 2. The molecule has 2 nitrogen and oxygen atoms in total. The molecule has 0 fully saturated rings. The molecule has 0 bridgehead atoms. The van der Waals surface area contributed by atoms with Gasteiger partial charge in [0, 0.05) is 18.1 Å². The third kappa shape index (κ3) is 2.26. The molecule has 2 N–H and O–H groups in total. The molecular weight excluding hydrogens is 263 g/mol. The van der Waals surface area contributed by atoms with Crippen molar-refractivity contribution in [3.8, 4) is 0 Å². The maximum atomic E-state index is 13.3. The van der Waals surface area contributed by atoms with Crippen LogP contribution < -0.4 is 10.6 Å². The quantitative estimate of drug-likeness (QED) is 0.849. The summed E-state index contributed by atoms with van der Waals surface area (Å²) in [5, 5.41) is 0.587. The van der Waals surface area contributed by atoms with E-state index in [4.69, 9.17) is 17.3 Å². The van der Waals surface area contributed by atoms with E-state index in [1.807, 2.05) is 12.1 Å². The van der Waals surface area contributed by atoms with Gasteiger partial charge in [-0.25, -0.2) is 4.39 Å². The van der Waals surface area contributed by atoms with Crippen molar-refractivity contribution >= 4 is 23.0 Å². The van der Waals surface area contributed by atoms with Gasteiger partial charge in [0.2, 0.25) is 0 Å². The highest BCUT2D eigenvalue weighted by Crippen LogP contribution is 2.35. The fourth-order valence-corrected chi connectivity index (χ4v) is 2.77. The van der Waals surface area contributed by atoms with Crippen LogP contribution in [0.3, 0.4) is 0 Å². The molecule has 2 aromatic carbocycles. The second-order valence-electron chi connectivity index (χ2n) is 4.76. The number of benzene rings is 2. The standard InChI is InChI=1S/C15H14ClFN2/c16-13-5-4-12(17)8-11(13)9-19-7-6-10-2-1-3-14(18)15(10)19/h1-5,8H,6-7,9,18H2. The van der Waals surface area contributed by atoms with Crippen LogP contribution in [0.2, 0.25) is 5.02 Å². The van der Waals surface area contributed by atoms with E-state index in [0.717, 1.165) is 29.9 Å². The normalized spacial score (nSPS) is 13.7.